The van der Waals surface area contributed by atoms with E-state index in [0.717, 1.165) is 12.3 Å². The number of alkyl halides is 3. The van der Waals surface area contributed by atoms with Crippen LogP contribution in [0.25, 0.3) is 0 Å². The largest absolute Gasteiger partial charge is 0.618 e. The van der Waals surface area contributed by atoms with Crippen LogP contribution in [0.15, 0.2) is 18.3 Å². The Labute approximate surface area is 82.2 Å². The first kappa shape index (κ1) is 11.3. The third-order valence-electron chi connectivity index (χ3n) is 1.62. The Hall–Kier alpha value is -1.79. The number of pyridine rings is 1. The van der Waals surface area contributed by atoms with E-state index in [4.69, 9.17) is 5.11 Å². The zero-order chi connectivity index (χ0) is 11.6. The Balaban J connectivity index is 3.06. The van der Waals surface area contributed by atoms with Crippen LogP contribution in [-0.2, 0) is 6.42 Å². The SMILES string of the molecule is O=C(O)c1cc[n+]([O-])c(CC(F)(F)F)c1. The first-order chi connectivity index (χ1) is 6.79. The molecule has 1 N–H and O–H groups in total. The summed E-state index contributed by atoms with van der Waals surface area (Å²) in [6, 6.07) is 1.65. The molecule has 82 valence electrons. The molecule has 0 saturated heterocycles. The molecule has 1 rings (SSSR count). The van der Waals surface area contributed by atoms with Gasteiger partial charge in [0.2, 0.25) is 5.69 Å². The maximum Gasteiger partial charge on any atom is 0.398 e. The highest BCUT2D eigenvalue weighted by molar-refractivity contribution is 5.87. The average molecular weight is 221 g/mol. The molecule has 0 aromatic carbocycles. The van der Waals surface area contributed by atoms with Crippen molar-refractivity contribution in [3.63, 3.8) is 0 Å². The fraction of sp³-hybridized carbons (Fsp3) is 0.250. The summed E-state index contributed by atoms with van der Waals surface area (Å²) in [5.74, 6) is -1.38. The van der Waals surface area contributed by atoms with Gasteiger partial charge in [0, 0.05) is 12.1 Å². The van der Waals surface area contributed by atoms with E-state index >= 15 is 0 Å². The highest BCUT2D eigenvalue weighted by atomic mass is 19.4. The molecule has 0 aliphatic rings. The number of aromatic nitrogens is 1. The summed E-state index contributed by atoms with van der Waals surface area (Å²) in [5.41, 5.74) is -0.983. The van der Waals surface area contributed by atoms with Gasteiger partial charge in [-0.05, 0) is 0 Å². The fourth-order valence-corrected chi connectivity index (χ4v) is 1.00. The minimum Gasteiger partial charge on any atom is -0.618 e. The quantitative estimate of drug-likeness (QED) is 0.601. The van der Waals surface area contributed by atoms with Crippen molar-refractivity contribution in [2.45, 2.75) is 12.6 Å². The zero-order valence-electron chi connectivity index (χ0n) is 7.28. The topological polar surface area (TPSA) is 64.2 Å². The fourth-order valence-electron chi connectivity index (χ4n) is 1.00. The standard InChI is InChI=1S/C8H6F3NO3/c9-8(10,11)4-6-3-5(7(13)14)1-2-12(6)15/h1-3H,4H2,(H,13,14). The van der Waals surface area contributed by atoms with Crippen molar-refractivity contribution in [3.8, 4) is 0 Å². The molecule has 0 amide bonds. The Morgan fingerprint density at radius 3 is 2.60 bits per heavy atom. The van der Waals surface area contributed by atoms with Crippen LogP contribution >= 0.6 is 0 Å². The van der Waals surface area contributed by atoms with E-state index in [1.54, 1.807) is 0 Å². The molecule has 1 heterocycles. The second-order valence-electron chi connectivity index (χ2n) is 2.83. The summed E-state index contributed by atoms with van der Waals surface area (Å²) in [4.78, 5) is 10.4. The van der Waals surface area contributed by atoms with Gasteiger partial charge in [-0.2, -0.15) is 17.9 Å². The van der Waals surface area contributed by atoms with Crippen LogP contribution < -0.4 is 4.73 Å². The lowest BCUT2D eigenvalue weighted by molar-refractivity contribution is -0.615. The van der Waals surface area contributed by atoms with Crippen molar-refractivity contribution in [1.29, 1.82) is 0 Å². The van der Waals surface area contributed by atoms with Gasteiger partial charge >= 0.3 is 12.1 Å². The van der Waals surface area contributed by atoms with Crippen LogP contribution in [0.3, 0.4) is 0 Å². The van der Waals surface area contributed by atoms with Gasteiger partial charge in [-0.3, -0.25) is 0 Å². The third-order valence-corrected chi connectivity index (χ3v) is 1.62. The number of hydrogen-bond donors (Lipinski definition) is 1. The van der Waals surface area contributed by atoms with Gasteiger partial charge in [-0.25, -0.2) is 4.79 Å². The van der Waals surface area contributed by atoms with Gasteiger partial charge in [0.15, 0.2) is 6.20 Å². The lowest BCUT2D eigenvalue weighted by atomic mass is 10.2. The second-order valence-corrected chi connectivity index (χ2v) is 2.83. The zero-order valence-corrected chi connectivity index (χ0v) is 7.28. The van der Waals surface area contributed by atoms with Crippen molar-refractivity contribution in [3.05, 3.63) is 34.8 Å². The third kappa shape index (κ3) is 3.12. The summed E-state index contributed by atoms with van der Waals surface area (Å²) < 4.78 is 35.9. The molecule has 0 saturated carbocycles. The first-order valence-electron chi connectivity index (χ1n) is 3.82. The molecule has 0 atom stereocenters. The van der Waals surface area contributed by atoms with E-state index in [9.17, 15) is 23.2 Å². The normalized spacial score (nSPS) is 11.4. The Morgan fingerprint density at radius 1 is 1.53 bits per heavy atom. The Kier molecular flexibility index (Phi) is 2.83. The molecule has 0 radical (unpaired) electrons. The van der Waals surface area contributed by atoms with Crippen LogP contribution in [0.2, 0.25) is 0 Å². The molecule has 0 unspecified atom stereocenters. The van der Waals surface area contributed by atoms with Crippen LogP contribution in [0.4, 0.5) is 13.2 Å². The van der Waals surface area contributed by atoms with E-state index in [-0.39, 0.29) is 10.3 Å². The molecule has 0 spiro atoms. The van der Waals surface area contributed by atoms with Crippen LogP contribution in [0.1, 0.15) is 16.1 Å². The molecule has 0 aliphatic carbocycles. The Morgan fingerprint density at radius 2 is 2.13 bits per heavy atom. The lowest BCUT2D eigenvalue weighted by Crippen LogP contribution is -2.34. The van der Waals surface area contributed by atoms with Crippen LogP contribution in [0.5, 0.6) is 0 Å². The van der Waals surface area contributed by atoms with Crippen molar-refractivity contribution in [2.24, 2.45) is 0 Å². The van der Waals surface area contributed by atoms with Gasteiger partial charge in [0.05, 0.1) is 5.56 Å². The van der Waals surface area contributed by atoms with Gasteiger partial charge in [-0.1, -0.05) is 0 Å². The number of nitrogens with zero attached hydrogens (tertiary/aromatic N) is 1. The molecular formula is C8H6F3NO3. The first-order valence-corrected chi connectivity index (χ1v) is 3.82. The summed E-state index contributed by atoms with van der Waals surface area (Å²) in [7, 11) is 0. The van der Waals surface area contributed by atoms with Crippen molar-refractivity contribution >= 4 is 5.97 Å². The van der Waals surface area contributed by atoms with E-state index in [1.807, 2.05) is 0 Å². The number of hydrogen-bond acceptors (Lipinski definition) is 2. The molecular weight excluding hydrogens is 215 g/mol. The molecule has 1 aromatic rings. The summed E-state index contributed by atoms with van der Waals surface area (Å²) in [6.45, 7) is 0. The summed E-state index contributed by atoms with van der Waals surface area (Å²) in [5, 5.41) is 19.4. The number of halogens is 3. The molecule has 4 nitrogen and oxygen atoms in total. The number of aromatic carboxylic acids is 1. The van der Waals surface area contributed by atoms with Gasteiger partial charge in [-0.15, -0.1) is 0 Å². The second kappa shape index (κ2) is 3.76. The summed E-state index contributed by atoms with van der Waals surface area (Å²) >= 11 is 0. The number of carboxylic acid groups (broad SMARTS) is 1. The van der Waals surface area contributed by atoms with Crippen LogP contribution in [0, 0.1) is 5.21 Å². The molecule has 7 heteroatoms. The van der Waals surface area contributed by atoms with E-state index in [1.165, 1.54) is 0 Å². The summed E-state index contributed by atoms with van der Waals surface area (Å²) in [6.07, 6.45) is -5.24. The van der Waals surface area contributed by atoms with Gasteiger partial charge in [0.1, 0.15) is 6.42 Å². The number of rotatable bonds is 2. The minimum atomic E-state index is -4.54. The maximum absolute atomic E-state index is 12.0. The van der Waals surface area contributed by atoms with E-state index < -0.39 is 24.3 Å². The van der Waals surface area contributed by atoms with Gasteiger partial charge in [0.25, 0.3) is 0 Å². The molecule has 15 heavy (non-hydrogen) atoms. The highest BCUT2D eigenvalue weighted by Gasteiger charge is 2.32. The highest BCUT2D eigenvalue weighted by Crippen LogP contribution is 2.19. The van der Waals surface area contributed by atoms with Crippen LogP contribution in [-0.4, -0.2) is 17.3 Å². The van der Waals surface area contributed by atoms with Crippen molar-refractivity contribution < 1.29 is 27.8 Å². The Bertz CT molecular complexity index is 389. The lowest BCUT2D eigenvalue weighted by Gasteiger charge is -2.07. The minimum absolute atomic E-state index is 0.0000694. The maximum atomic E-state index is 12.0. The number of carboxylic acids is 1. The molecule has 0 aliphatic heterocycles. The van der Waals surface area contributed by atoms with Gasteiger partial charge < -0.3 is 10.3 Å². The number of carbonyl (C=O) groups is 1. The predicted octanol–water partition coefficient (Wildman–Crippen LogP) is 1.12. The molecule has 1 aromatic heterocycles. The van der Waals surface area contributed by atoms with E-state index in [2.05, 4.69) is 0 Å². The van der Waals surface area contributed by atoms with E-state index in [0.29, 0.717) is 6.07 Å². The molecule has 0 fully saturated rings. The average Bonchev–Trinajstić information content (AvgIpc) is 2.06. The monoisotopic (exact) mass is 221 g/mol. The smallest absolute Gasteiger partial charge is 0.398 e. The van der Waals surface area contributed by atoms with Crippen molar-refractivity contribution in [1.82, 2.24) is 0 Å². The predicted molar refractivity (Wildman–Crippen MR) is 42.1 cm³/mol. The van der Waals surface area contributed by atoms with Crippen molar-refractivity contribution in [2.75, 3.05) is 0 Å². The molecule has 0 bridgehead atoms.